The lowest BCUT2D eigenvalue weighted by Gasteiger charge is -2.20. The second-order valence-corrected chi connectivity index (χ2v) is 6.63. The summed E-state index contributed by atoms with van der Waals surface area (Å²) in [4.78, 5) is 28.9. The predicted octanol–water partition coefficient (Wildman–Crippen LogP) is 5.82. The van der Waals surface area contributed by atoms with Crippen molar-refractivity contribution in [3.8, 4) is 11.3 Å². The fraction of sp³-hybridized carbons (Fsp3) is 0.100. The molecule has 3 rings (SSSR count). The van der Waals surface area contributed by atoms with Gasteiger partial charge >= 0.3 is 0 Å². The van der Waals surface area contributed by atoms with E-state index in [0.29, 0.717) is 28.5 Å². The topological polar surface area (TPSA) is 76.3 Å². The molecular formula is C20H18BrN3O3S. The Kier molecular flexibility index (Phi) is 7.19. The van der Waals surface area contributed by atoms with Gasteiger partial charge < -0.3 is 4.90 Å². The average Bonchev–Trinajstić information content (AvgIpc) is 3.16. The van der Waals surface area contributed by atoms with Crippen molar-refractivity contribution in [1.29, 1.82) is 0 Å². The van der Waals surface area contributed by atoms with Gasteiger partial charge in [0.25, 0.3) is 5.69 Å². The molecule has 0 saturated heterocycles. The summed E-state index contributed by atoms with van der Waals surface area (Å²) in [6.07, 6.45) is 1.75. The Morgan fingerprint density at radius 1 is 1.25 bits per heavy atom. The summed E-state index contributed by atoms with van der Waals surface area (Å²) in [7, 11) is 0. The number of carbonyl (C=O) groups excluding carboxylic acids is 1. The first-order valence-corrected chi connectivity index (χ1v) is 9.08. The van der Waals surface area contributed by atoms with Gasteiger partial charge in [0.1, 0.15) is 0 Å². The van der Waals surface area contributed by atoms with E-state index in [0.717, 1.165) is 5.69 Å². The van der Waals surface area contributed by atoms with Crippen LogP contribution in [0.1, 0.15) is 17.3 Å². The fourth-order valence-electron chi connectivity index (χ4n) is 2.66. The number of Topliss-reactive ketones (excluding diaryl/α,β-unsaturated/α-hetero) is 1. The molecule has 0 aliphatic rings. The molecule has 0 saturated carbocycles. The van der Waals surface area contributed by atoms with Crippen molar-refractivity contribution < 1.29 is 9.72 Å². The Morgan fingerprint density at radius 3 is 2.54 bits per heavy atom. The Hall–Kier alpha value is -2.84. The summed E-state index contributed by atoms with van der Waals surface area (Å²) in [5.74, 6) is 0.00439. The summed E-state index contributed by atoms with van der Waals surface area (Å²) in [5, 5.41) is 13.8. The molecule has 144 valence electrons. The predicted molar refractivity (Wildman–Crippen MR) is 118 cm³/mol. The molecule has 0 fully saturated rings. The molecule has 0 spiro atoms. The first kappa shape index (κ1) is 21.5. The number of para-hydroxylation sites is 1. The summed E-state index contributed by atoms with van der Waals surface area (Å²) < 4.78 is 0. The molecule has 0 aliphatic carbocycles. The first-order chi connectivity index (χ1) is 13.0. The summed E-state index contributed by atoms with van der Waals surface area (Å²) >= 11 is 1.40. The van der Waals surface area contributed by atoms with E-state index in [1.54, 1.807) is 41.8 Å². The van der Waals surface area contributed by atoms with Gasteiger partial charge in [-0.2, -0.15) is 0 Å². The SMILES string of the molecule is Br.C=CCN(c1ccc(C(C)=O)cc1)c1nc(-c2ccccc2[N+](=O)[O-])cs1. The summed E-state index contributed by atoms with van der Waals surface area (Å²) in [6.45, 7) is 5.83. The smallest absolute Gasteiger partial charge is 0.278 e. The van der Waals surface area contributed by atoms with Gasteiger partial charge in [-0.05, 0) is 37.3 Å². The zero-order valence-electron chi connectivity index (χ0n) is 15.1. The minimum absolute atomic E-state index is 0. The number of ketones is 1. The molecule has 8 heteroatoms. The lowest BCUT2D eigenvalue weighted by molar-refractivity contribution is -0.384. The van der Waals surface area contributed by atoms with Gasteiger partial charge in [0.15, 0.2) is 10.9 Å². The van der Waals surface area contributed by atoms with Gasteiger partial charge in [-0.3, -0.25) is 14.9 Å². The van der Waals surface area contributed by atoms with Crippen molar-refractivity contribution in [1.82, 2.24) is 4.98 Å². The zero-order valence-corrected chi connectivity index (χ0v) is 17.6. The summed E-state index contributed by atoms with van der Waals surface area (Å²) in [5.41, 5.74) is 2.56. The maximum Gasteiger partial charge on any atom is 0.278 e. The fourth-order valence-corrected chi connectivity index (χ4v) is 3.52. The van der Waals surface area contributed by atoms with E-state index in [2.05, 4.69) is 11.6 Å². The lowest BCUT2D eigenvalue weighted by Crippen LogP contribution is -2.16. The van der Waals surface area contributed by atoms with Crippen molar-refractivity contribution in [3.05, 3.63) is 82.2 Å². The Balaban J connectivity index is 0.00000280. The molecule has 0 unspecified atom stereocenters. The van der Waals surface area contributed by atoms with Crippen LogP contribution in [0.5, 0.6) is 0 Å². The highest BCUT2D eigenvalue weighted by atomic mass is 79.9. The first-order valence-electron chi connectivity index (χ1n) is 8.20. The third-order valence-electron chi connectivity index (χ3n) is 4.00. The maximum absolute atomic E-state index is 11.5. The number of carbonyl (C=O) groups is 1. The largest absolute Gasteiger partial charge is 0.314 e. The molecule has 1 heterocycles. The highest BCUT2D eigenvalue weighted by molar-refractivity contribution is 8.93. The van der Waals surface area contributed by atoms with Gasteiger partial charge in [-0.1, -0.05) is 18.2 Å². The number of nitro benzene ring substituents is 1. The lowest BCUT2D eigenvalue weighted by atomic mass is 10.1. The van der Waals surface area contributed by atoms with Crippen molar-refractivity contribution in [2.75, 3.05) is 11.4 Å². The minimum atomic E-state index is -0.406. The zero-order chi connectivity index (χ0) is 19.4. The molecule has 0 amide bonds. The molecule has 0 atom stereocenters. The number of hydrogen-bond donors (Lipinski definition) is 0. The molecule has 0 aliphatic heterocycles. The van der Waals surface area contributed by atoms with Crippen LogP contribution in [-0.4, -0.2) is 22.2 Å². The van der Waals surface area contributed by atoms with Crippen LogP contribution in [0.3, 0.4) is 0 Å². The quantitative estimate of drug-likeness (QED) is 0.192. The number of rotatable bonds is 7. The van der Waals surface area contributed by atoms with Crippen molar-refractivity contribution in [3.63, 3.8) is 0 Å². The molecular weight excluding hydrogens is 442 g/mol. The monoisotopic (exact) mass is 459 g/mol. The molecule has 6 nitrogen and oxygen atoms in total. The van der Waals surface area contributed by atoms with Gasteiger partial charge in [0.2, 0.25) is 0 Å². The molecule has 0 radical (unpaired) electrons. The highest BCUT2D eigenvalue weighted by Crippen LogP contribution is 2.35. The standard InChI is InChI=1S/C20H17N3O3S.BrH/c1-3-12-22(16-10-8-15(9-11-16)14(2)24)20-21-18(13-27-20)17-6-4-5-7-19(17)23(25)26;/h3-11,13H,1,12H2,2H3;1H. The van der Waals surface area contributed by atoms with Crippen LogP contribution in [0.15, 0.2) is 66.6 Å². The van der Waals surface area contributed by atoms with E-state index in [9.17, 15) is 14.9 Å². The van der Waals surface area contributed by atoms with Crippen LogP contribution >= 0.6 is 28.3 Å². The van der Waals surface area contributed by atoms with Gasteiger partial charge in [-0.15, -0.1) is 34.9 Å². The van der Waals surface area contributed by atoms with Crippen LogP contribution in [0, 0.1) is 10.1 Å². The van der Waals surface area contributed by atoms with E-state index in [1.165, 1.54) is 24.3 Å². The Morgan fingerprint density at radius 2 is 1.93 bits per heavy atom. The van der Waals surface area contributed by atoms with Gasteiger partial charge in [-0.25, -0.2) is 4.98 Å². The van der Waals surface area contributed by atoms with Crippen molar-refractivity contribution in [2.45, 2.75) is 6.92 Å². The van der Waals surface area contributed by atoms with Crippen LogP contribution in [0.2, 0.25) is 0 Å². The Bertz CT molecular complexity index is 1000. The van der Waals surface area contributed by atoms with E-state index < -0.39 is 4.92 Å². The second kappa shape index (κ2) is 9.38. The maximum atomic E-state index is 11.5. The third-order valence-corrected chi connectivity index (χ3v) is 4.86. The minimum Gasteiger partial charge on any atom is -0.314 e. The molecule has 0 bridgehead atoms. The van der Waals surface area contributed by atoms with E-state index in [-0.39, 0.29) is 28.5 Å². The number of anilines is 2. The second-order valence-electron chi connectivity index (χ2n) is 5.79. The number of benzene rings is 2. The molecule has 0 N–H and O–H groups in total. The van der Waals surface area contributed by atoms with Crippen LogP contribution in [-0.2, 0) is 0 Å². The Labute approximate surface area is 177 Å². The number of halogens is 1. The van der Waals surface area contributed by atoms with Crippen LogP contribution in [0.4, 0.5) is 16.5 Å². The number of thiazole rings is 1. The van der Waals surface area contributed by atoms with Crippen LogP contribution < -0.4 is 4.90 Å². The number of aromatic nitrogens is 1. The van der Waals surface area contributed by atoms with Gasteiger partial charge in [0.05, 0.1) is 16.2 Å². The third kappa shape index (κ3) is 4.52. The number of nitrogens with zero attached hydrogens (tertiary/aromatic N) is 3. The molecule has 28 heavy (non-hydrogen) atoms. The van der Waals surface area contributed by atoms with E-state index >= 15 is 0 Å². The molecule has 1 aromatic heterocycles. The summed E-state index contributed by atoms with van der Waals surface area (Å²) in [6, 6.07) is 13.8. The van der Waals surface area contributed by atoms with Crippen molar-refractivity contribution >= 4 is 50.6 Å². The van der Waals surface area contributed by atoms with E-state index in [4.69, 9.17) is 0 Å². The number of hydrogen-bond acceptors (Lipinski definition) is 6. The number of nitro groups is 1. The van der Waals surface area contributed by atoms with Crippen LogP contribution in [0.25, 0.3) is 11.3 Å². The van der Waals surface area contributed by atoms with Gasteiger partial charge in [0, 0.05) is 29.2 Å². The average molecular weight is 460 g/mol. The molecule has 3 aromatic rings. The normalized spacial score (nSPS) is 10.0. The van der Waals surface area contributed by atoms with Crippen molar-refractivity contribution in [2.24, 2.45) is 0 Å². The molecule has 2 aromatic carbocycles. The highest BCUT2D eigenvalue weighted by Gasteiger charge is 2.19. The van der Waals surface area contributed by atoms with E-state index in [1.807, 2.05) is 17.0 Å².